The number of hydrogen-bond acceptors (Lipinski definition) is 4. The smallest absolute Gasteiger partial charge is 0.257 e. The van der Waals surface area contributed by atoms with Crippen molar-refractivity contribution in [2.45, 2.75) is 32.8 Å². The molecule has 2 aromatic rings. The zero-order valence-electron chi connectivity index (χ0n) is 16.4. The van der Waals surface area contributed by atoms with Crippen LogP contribution in [0.1, 0.15) is 35.7 Å². The van der Waals surface area contributed by atoms with E-state index in [-0.39, 0.29) is 12.0 Å². The second-order valence-electron chi connectivity index (χ2n) is 6.73. The number of guanidine groups is 1. The van der Waals surface area contributed by atoms with Crippen molar-refractivity contribution in [1.29, 1.82) is 0 Å². The first kappa shape index (κ1) is 19.9. The molecule has 3 rings (SSSR count). The van der Waals surface area contributed by atoms with Crippen LogP contribution in [0.15, 0.2) is 53.5 Å². The Morgan fingerprint density at radius 3 is 2.75 bits per heavy atom. The Balaban J connectivity index is 1.71. The molecule has 1 amide bonds. The number of carbonyl (C=O) groups excluding carboxylic acids is 1. The van der Waals surface area contributed by atoms with Gasteiger partial charge in [-0.1, -0.05) is 12.1 Å². The number of benzene rings is 2. The van der Waals surface area contributed by atoms with Gasteiger partial charge in [0.15, 0.2) is 0 Å². The van der Waals surface area contributed by atoms with Gasteiger partial charge in [0.25, 0.3) is 5.91 Å². The second kappa shape index (κ2) is 9.90. The summed E-state index contributed by atoms with van der Waals surface area (Å²) in [6, 6.07) is 15.0. The molecule has 6 nitrogen and oxygen atoms in total. The van der Waals surface area contributed by atoms with Crippen molar-refractivity contribution in [3.63, 3.8) is 0 Å². The molecule has 0 spiro atoms. The number of hydrogen-bond donors (Lipinski definition) is 2. The molecule has 2 N–H and O–H groups in total. The maximum Gasteiger partial charge on any atom is 0.257 e. The molecule has 1 atom stereocenters. The summed E-state index contributed by atoms with van der Waals surface area (Å²) in [6.07, 6.45) is 2.16. The molecule has 0 saturated carbocycles. The summed E-state index contributed by atoms with van der Waals surface area (Å²) in [5.41, 5.74) is 2.54. The van der Waals surface area contributed by atoms with Gasteiger partial charge in [-0.15, -0.1) is 0 Å². The van der Waals surface area contributed by atoms with Crippen LogP contribution in [0.3, 0.4) is 0 Å². The SMILES string of the molecule is CCOc1ccc(C(=O)NC(=NCC2CCCO2)Nc2cccc(C)c2)cc1. The molecule has 0 aromatic heterocycles. The van der Waals surface area contributed by atoms with Gasteiger partial charge in [-0.2, -0.15) is 0 Å². The lowest BCUT2D eigenvalue weighted by Crippen LogP contribution is -2.36. The van der Waals surface area contributed by atoms with E-state index in [1.165, 1.54) is 0 Å². The van der Waals surface area contributed by atoms with E-state index in [4.69, 9.17) is 9.47 Å². The molecule has 6 heteroatoms. The molecular weight excluding hydrogens is 354 g/mol. The molecule has 1 saturated heterocycles. The van der Waals surface area contributed by atoms with Gasteiger partial charge in [0, 0.05) is 17.9 Å². The van der Waals surface area contributed by atoms with Crippen LogP contribution in [0.4, 0.5) is 5.69 Å². The normalized spacial score (nSPS) is 16.6. The first-order valence-electron chi connectivity index (χ1n) is 9.68. The predicted molar refractivity (Wildman–Crippen MR) is 111 cm³/mol. The predicted octanol–water partition coefficient (Wildman–Crippen LogP) is 3.77. The molecule has 1 aliphatic heterocycles. The summed E-state index contributed by atoms with van der Waals surface area (Å²) in [4.78, 5) is 17.2. The van der Waals surface area contributed by atoms with Gasteiger partial charge in [0.1, 0.15) is 5.75 Å². The number of nitrogens with one attached hydrogen (secondary N) is 2. The van der Waals surface area contributed by atoms with E-state index in [1.807, 2.05) is 38.1 Å². The highest BCUT2D eigenvalue weighted by Gasteiger charge is 2.16. The number of anilines is 1. The van der Waals surface area contributed by atoms with Crippen molar-refractivity contribution in [2.24, 2.45) is 4.99 Å². The molecule has 0 radical (unpaired) electrons. The van der Waals surface area contributed by atoms with Gasteiger partial charge < -0.3 is 14.8 Å². The third kappa shape index (κ3) is 5.82. The van der Waals surface area contributed by atoms with E-state index in [0.717, 1.165) is 36.4 Å². The highest BCUT2D eigenvalue weighted by Crippen LogP contribution is 2.14. The van der Waals surface area contributed by atoms with E-state index >= 15 is 0 Å². The number of carbonyl (C=O) groups is 1. The monoisotopic (exact) mass is 381 g/mol. The quantitative estimate of drug-likeness (QED) is 0.590. The molecule has 28 heavy (non-hydrogen) atoms. The molecule has 2 aromatic carbocycles. The maximum atomic E-state index is 12.7. The van der Waals surface area contributed by atoms with E-state index in [1.54, 1.807) is 24.3 Å². The Morgan fingerprint density at radius 1 is 1.25 bits per heavy atom. The molecular formula is C22H27N3O3. The van der Waals surface area contributed by atoms with Gasteiger partial charge in [-0.05, 0) is 68.7 Å². The largest absolute Gasteiger partial charge is 0.494 e. The Hall–Kier alpha value is -2.86. The van der Waals surface area contributed by atoms with Gasteiger partial charge in [0.2, 0.25) is 5.96 Å². The number of nitrogens with zero attached hydrogens (tertiary/aromatic N) is 1. The number of amides is 1. The first-order chi connectivity index (χ1) is 13.6. The van der Waals surface area contributed by atoms with Crippen LogP contribution in [0.2, 0.25) is 0 Å². The molecule has 1 aliphatic rings. The molecule has 0 aliphatic carbocycles. The lowest BCUT2D eigenvalue weighted by Gasteiger charge is -2.14. The average Bonchev–Trinajstić information content (AvgIpc) is 3.20. The second-order valence-corrected chi connectivity index (χ2v) is 6.73. The lowest BCUT2D eigenvalue weighted by molar-refractivity contribution is 0.0975. The lowest BCUT2D eigenvalue weighted by atomic mass is 10.2. The highest BCUT2D eigenvalue weighted by molar-refractivity contribution is 6.10. The van der Waals surface area contributed by atoms with E-state index in [9.17, 15) is 4.79 Å². The topological polar surface area (TPSA) is 72.0 Å². The fourth-order valence-corrected chi connectivity index (χ4v) is 3.00. The van der Waals surface area contributed by atoms with Crippen molar-refractivity contribution < 1.29 is 14.3 Å². The first-order valence-corrected chi connectivity index (χ1v) is 9.68. The van der Waals surface area contributed by atoms with Crippen molar-refractivity contribution >= 4 is 17.6 Å². The Morgan fingerprint density at radius 2 is 2.07 bits per heavy atom. The molecule has 0 bridgehead atoms. The average molecular weight is 381 g/mol. The third-order valence-electron chi connectivity index (χ3n) is 4.42. The molecule has 1 fully saturated rings. The highest BCUT2D eigenvalue weighted by atomic mass is 16.5. The summed E-state index contributed by atoms with van der Waals surface area (Å²) in [5, 5.41) is 6.09. The Bertz CT molecular complexity index is 812. The minimum Gasteiger partial charge on any atom is -0.494 e. The van der Waals surface area contributed by atoms with Crippen LogP contribution in [-0.4, -0.2) is 37.7 Å². The third-order valence-corrected chi connectivity index (χ3v) is 4.42. The number of aliphatic imine (C=N–C) groups is 1. The van der Waals surface area contributed by atoms with Crippen LogP contribution in [-0.2, 0) is 4.74 Å². The van der Waals surface area contributed by atoms with Crippen LogP contribution in [0.5, 0.6) is 5.75 Å². The minimum absolute atomic E-state index is 0.108. The van der Waals surface area contributed by atoms with Crippen LogP contribution in [0, 0.1) is 6.92 Å². The standard InChI is InChI=1S/C22H27N3O3/c1-3-27-19-11-9-17(10-12-19)21(26)25-22(23-15-20-8-5-13-28-20)24-18-7-4-6-16(2)14-18/h4,6-7,9-12,14,20H,3,5,8,13,15H2,1-2H3,(H2,23,24,25,26). The van der Waals surface area contributed by atoms with E-state index in [2.05, 4.69) is 15.6 Å². The van der Waals surface area contributed by atoms with Crippen LogP contribution in [0.25, 0.3) is 0 Å². The van der Waals surface area contributed by atoms with Crippen LogP contribution >= 0.6 is 0 Å². The summed E-state index contributed by atoms with van der Waals surface area (Å²) in [6.45, 7) is 5.82. The minimum atomic E-state index is -0.228. The molecule has 1 unspecified atom stereocenters. The van der Waals surface area contributed by atoms with Gasteiger partial charge >= 0.3 is 0 Å². The zero-order valence-corrected chi connectivity index (χ0v) is 16.4. The fourth-order valence-electron chi connectivity index (χ4n) is 3.00. The summed E-state index contributed by atoms with van der Waals surface area (Å²) in [7, 11) is 0. The van der Waals surface area contributed by atoms with Crippen molar-refractivity contribution in [1.82, 2.24) is 5.32 Å². The summed E-state index contributed by atoms with van der Waals surface area (Å²) < 4.78 is 11.1. The van der Waals surface area contributed by atoms with Crippen molar-refractivity contribution in [3.05, 3.63) is 59.7 Å². The van der Waals surface area contributed by atoms with Crippen molar-refractivity contribution in [3.8, 4) is 5.75 Å². The summed E-state index contributed by atoms with van der Waals surface area (Å²) in [5.74, 6) is 0.929. The van der Waals surface area contributed by atoms with Crippen molar-refractivity contribution in [2.75, 3.05) is 25.1 Å². The van der Waals surface area contributed by atoms with E-state index in [0.29, 0.717) is 24.7 Å². The van der Waals surface area contributed by atoms with Gasteiger partial charge in [-0.25, -0.2) is 4.99 Å². The molecule has 1 heterocycles. The number of ether oxygens (including phenoxy) is 2. The Labute approximate surface area is 166 Å². The number of rotatable bonds is 6. The molecule has 148 valence electrons. The van der Waals surface area contributed by atoms with E-state index < -0.39 is 0 Å². The van der Waals surface area contributed by atoms with Gasteiger partial charge in [-0.3, -0.25) is 10.1 Å². The van der Waals surface area contributed by atoms with Gasteiger partial charge in [0.05, 0.1) is 19.3 Å². The fraction of sp³-hybridized carbons (Fsp3) is 0.364. The maximum absolute atomic E-state index is 12.7. The zero-order chi connectivity index (χ0) is 19.8. The number of aryl methyl sites for hydroxylation is 1. The summed E-state index contributed by atoms with van der Waals surface area (Å²) >= 11 is 0. The Kier molecular flexibility index (Phi) is 7.03. The van der Waals surface area contributed by atoms with Crippen LogP contribution < -0.4 is 15.4 Å².